The summed E-state index contributed by atoms with van der Waals surface area (Å²) < 4.78 is 17.9. The molecule has 120 valence electrons. The average molecular weight is 306 g/mol. The first-order chi connectivity index (χ1) is 10.7. The second kappa shape index (κ2) is 8.66. The van der Waals surface area contributed by atoms with Crippen molar-refractivity contribution in [3.63, 3.8) is 0 Å². The number of methoxy groups -OCH3 is 1. The summed E-state index contributed by atoms with van der Waals surface area (Å²) in [5, 5.41) is 2.98. The van der Waals surface area contributed by atoms with E-state index in [1.807, 2.05) is 12.1 Å². The molecule has 0 spiro atoms. The number of likely N-dealkylation sites (tertiary alicyclic amines) is 1. The molecule has 1 aromatic carbocycles. The molecule has 1 N–H and O–H groups in total. The fourth-order valence-electron chi connectivity index (χ4n) is 2.61. The monoisotopic (exact) mass is 306 g/mol. The second-order valence-corrected chi connectivity index (χ2v) is 5.53. The van der Waals surface area contributed by atoms with Gasteiger partial charge in [-0.05, 0) is 30.5 Å². The lowest BCUT2D eigenvalue weighted by atomic mass is 10.0. The Morgan fingerprint density at radius 3 is 2.91 bits per heavy atom. The van der Waals surface area contributed by atoms with Crippen molar-refractivity contribution in [2.24, 2.45) is 0 Å². The van der Waals surface area contributed by atoms with Crippen LogP contribution in [-0.4, -0.2) is 50.2 Å². The summed E-state index contributed by atoms with van der Waals surface area (Å²) in [5.74, 6) is -0.262. The summed E-state index contributed by atoms with van der Waals surface area (Å²) in [6.07, 6.45) is 5.89. The summed E-state index contributed by atoms with van der Waals surface area (Å²) in [5.41, 5.74) is 0.877. The molecule has 0 aliphatic carbocycles. The van der Waals surface area contributed by atoms with Gasteiger partial charge in [-0.1, -0.05) is 24.3 Å². The number of piperidine rings is 1. The second-order valence-electron chi connectivity index (χ2n) is 5.53. The predicted octanol–water partition coefficient (Wildman–Crippen LogP) is 2.07. The molecule has 5 heteroatoms. The highest BCUT2D eigenvalue weighted by Crippen LogP contribution is 2.11. The number of rotatable bonds is 6. The van der Waals surface area contributed by atoms with Crippen molar-refractivity contribution in [3.05, 3.63) is 41.7 Å². The molecule has 0 bridgehead atoms. The number of nitrogens with one attached hydrogen (secondary N) is 1. The van der Waals surface area contributed by atoms with Crippen molar-refractivity contribution in [1.29, 1.82) is 0 Å². The van der Waals surface area contributed by atoms with Crippen LogP contribution in [0.1, 0.15) is 18.4 Å². The van der Waals surface area contributed by atoms with Crippen LogP contribution in [0.4, 0.5) is 4.39 Å². The highest BCUT2D eigenvalue weighted by atomic mass is 19.1. The Balaban J connectivity index is 1.70. The van der Waals surface area contributed by atoms with E-state index in [1.54, 1.807) is 6.07 Å². The zero-order valence-electron chi connectivity index (χ0n) is 12.9. The molecular weight excluding hydrogens is 283 g/mol. The minimum absolute atomic E-state index is 0.0491. The van der Waals surface area contributed by atoms with E-state index in [0.29, 0.717) is 0 Å². The largest absolute Gasteiger partial charge is 0.375 e. The molecule has 0 radical (unpaired) electrons. The van der Waals surface area contributed by atoms with Crippen LogP contribution in [0.15, 0.2) is 30.3 Å². The van der Waals surface area contributed by atoms with Crippen LogP contribution < -0.4 is 5.32 Å². The fourth-order valence-corrected chi connectivity index (χ4v) is 2.61. The van der Waals surface area contributed by atoms with Crippen LogP contribution in [0.3, 0.4) is 0 Å². The first-order valence-corrected chi connectivity index (χ1v) is 7.60. The van der Waals surface area contributed by atoms with Gasteiger partial charge in [0.25, 0.3) is 0 Å². The first-order valence-electron chi connectivity index (χ1n) is 7.60. The van der Waals surface area contributed by atoms with E-state index in [0.717, 1.165) is 38.0 Å². The molecule has 1 fully saturated rings. The topological polar surface area (TPSA) is 41.6 Å². The Kier molecular flexibility index (Phi) is 6.55. The molecule has 0 saturated carbocycles. The summed E-state index contributed by atoms with van der Waals surface area (Å²) in [7, 11) is 1.52. The van der Waals surface area contributed by atoms with Gasteiger partial charge in [0, 0.05) is 32.8 Å². The molecule has 0 aromatic heterocycles. The number of hydrogen-bond acceptors (Lipinski definition) is 3. The van der Waals surface area contributed by atoms with Gasteiger partial charge >= 0.3 is 0 Å². The van der Waals surface area contributed by atoms with E-state index < -0.39 is 0 Å². The van der Waals surface area contributed by atoms with Gasteiger partial charge in [0.2, 0.25) is 5.91 Å². The normalized spacial score (nSPS) is 17.0. The van der Waals surface area contributed by atoms with Crippen molar-refractivity contribution in [2.45, 2.75) is 18.9 Å². The van der Waals surface area contributed by atoms with Crippen LogP contribution in [0.2, 0.25) is 0 Å². The van der Waals surface area contributed by atoms with Crippen molar-refractivity contribution < 1.29 is 13.9 Å². The average Bonchev–Trinajstić information content (AvgIpc) is 2.49. The Bertz CT molecular complexity index is 511. The van der Waals surface area contributed by atoms with Crippen molar-refractivity contribution in [1.82, 2.24) is 10.2 Å². The number of ether oxygens (including phenoxy) is 1. The van der Waals surface area contributed by atoms with E-state index in [-0.39, 0.29) is 24.4 Å². The third-order valence-corrected chi connectivity index (χ3v) is 3.75. The number of amides is 1. The number of halogens is 1. The Morgan fingerprint density at radius 2 is 2.23 bits per heavy atom. The molecule has 0 atom stereocenters. The number of benzene rings is 1. The summed E-state index contributed by atoms with van der Waals surface area (Å²) in [6.45, 7) is 2.86. The number of carbonyl (C=O) groups excluding carboxylic acids is 1. The highest BCUT2D eigenvalue weighted by molar-refractivity contribution is 5.77. The van der Waals surface area contributed by atoms with Crippen LogP contribution in [0.25, 0.3) is 6.08 Å². The maximum absolute atomic E-state index is 13.1. The minimum atomic E-state index is -0.213. The SMILES string of the molecule is COCC(=O)NC1CCN(C/C=C/c2cccc(F)c2)CC1. The van der Waals surface area contributed by atoms with Crippen LogP contribution >= 0.6 is 0 Å². The molecule has 1 saturated heterocycles. The first kappa shape index (κ1) is 16.6. The zero-order valence-corrected chi connectivity index (χ0v) is 12.9. The smallest absolute Gasteiger partial charge is 0.246 e. The van der Waals surface area contributed by atoms with Gasteiger partial charge in [0.15, 0.2) is 0 Å². The van der Waals surface area contributed by atoms with E-state index in [1.165, 1.54) is 19.2 Å². The maximum Gasteiger partial charge on any atom is 0.246 e. The Morgan fingerprint density at radius 1 is 1.45 bits per heavy atom. The maximum atomic E-state index is 13.1. The predicted molar refractivity (Wildman–Crippen MR) is 84.9 cm³/mol. The molecule has 1 aliphatic heterocycles. The minimum Gasteiger partial charge on any atom is -0.375 e. The van der Waals surface area contributed by atoms with E-state index in [4.69, 9.17) is 4.74 Å². The molecule has 2 rings (SSSR count). The van der Waals surface area contributed by atoms with Crippen molar-refractivity contribution in [3.8, 4) is 0 Å². The number of carbonyl (C=O) groups is 1. The van der Waals surface area contributed by atoms with Gasteiger partial charge in [0.05, 0.1) is 0 Å². The third kappa shape index (κ3) is 5.58. The van der Waals surface area contributed by atoms with Gasteiger partial charge in [-0.2, -0.15) is 0 Å². The summed E-state index contributed by atoms with van der Waals surface area (Å²) >= 11 is 0. The fraction of sp³-hybridized carbons (Fsp3) is 0.471. The van der Waals surface area contributed by atoms with Crippen molar-refractivity contribution in [2.75, 3.05) is 33.4 Å². The van der Waals surface area contributed by atoms with Crippen LogP contribution in [0, 0.1) is 5.82 Å². The lowest BCUT2D eigenvalue weighted by Gasteiger charge is -2.31. The van der Waals surface area contributed by atoms with Crippen LogP contribution in [0.5, 0.6) is 0 Å². The lowest BCUT2D eigenvalue weighted by molar-refractivity contribution is -0.125. The van der Waals surface area contributed by atoms with Crippen LogP contribution in [-0.2, 0) is 9.53 Å². The Hall–Kier alpha value is -1.72. The van der Waals surface area contributed by atoms with E-state index in [9.17, 15) is 9.18 Å². The summed E-state index contributed by atoms with van der Waals surface area (Å²) in [4.78, 5) is 13.8. The molecule has 1 aromatic rings. The molecule has 22 heavy (non-hydrogen) atoms. The lowest BCUT2D eigenvalue weighted by Crippen LogP contribution is -2.45. The van der Waals surface area contributed by atoms with Gasteiger partial charge in [-0.15, -0.1) is 0 Å². The molecule has 1 amide bonds. The molecule has 4 nitrogen and oxygen atoms in total. The van der Waals surface area contributed by atoms with E-state index >= 15 is 0 Å². The highest BCUT2D eigenvalue weighted by Gasteiger charge is 2.19. The Labute approximate surface area is 131 Å². The number of hydrogen-bond donors (Lipinski definition) is 1. The van der Waals surface area contributed by atoms with Gasteiger partial charge in [-0.3, -0.25) is 9.69 Å². The molecule has 1 heterocycles. The van der Waals surface area contributed by atoms with Crippen molar-refractivity contribution >= 4 is 12.0 Å². The standard InChI is InChI=1S/C17H23FN2O2/c1-22-13-17(21)19-16-7-10-20(11-8-16)9-3-5-14-4-2-6-15(18)12-14/h2-6,12,16H,7-11,13H2,1H3,(H,19,21)/b5-3+. The van der Waals surface area contributed by atoms with Gasteiger partial charge in [-0.25, -0.2) is 4.39 Å². The quantitative estimate of drug-likeness (QED) is 0.875. The summed E-state index contributed by atoms with van der Waals surface area (Å²) in [6, 6.07) is 6.81. The molecule has 1 aliphatic rings. The number of nitrogens with zero attached hydrogens (tertiary/aromatic N) is 1. The van der Waals surface area contributed by atoms with Gasteiger partial charge < -0.3 is 10.1 Å². The van der Waals surface area contributed by atoms with E-state index in [2.05, 4.69) is 16.3 Å². The van der Waals surface area contributed by atoms with Gasteiger partial charge in [0.1, 0.15) is 12.4 Å². The zero-order chi connectivity index (χ0) is 15.8. The molecule has 0 unspecified atom stereocenters. The third-order valence-electron chi connectivity index (χ3n) is 3.75. The molecular formula is C17H23FN2O2.